The predicted octanol–water partition coefficient (Wildman–Crippen LogP) is -0.217. The molecule has 0 bridgehead atoms. The van der Waals surface area contributed by atoms with Crippen molar-refractivity contribution in [3.63, 3.8) is 0 Å². The van der Waals surface area contributed by atoms with E-state index in [1.807, 2.05) is 6.92 Å². The third kappa shape index (κ3) is 3.66. The Kier molecular flexibility index (Phi) is 5.58. The number of H-pyrrole nitrogens is 1. The van der Waals surface area contributed by atoms with Crippen LogP contribution >= 0.6 is 11.8 Å². The Morgan fingerprint density at radius 3 is 3.06 bits per heavy atom. The van der Waals surface area contributed by atoms with E-state index in [2.05, 4.69) is 10.2 Å². The van der Waals surface area contributed by atoms with E-state index in [9.17, 15) is 4.79 Å². The summed E-state index contributed by atoms with van der Waals surface area (Å²) in [5.74, 6) is 0.647. The fourth-order valence-corrected chi connectivity index (χ4v) is 2.23. The number of aromatic amines is 1. The summed E-state index contributed by atoms with van der Waals surface area (Å²) in [6, 6.07) is -0.0723. The van der Waals surface area contributed by atoms with Crippen molar-refractivity contribution in [2.24, 2.45) is 5.73 Å². The summed E-state index contributed by atoms with van der Waals surface area (Å²) in [7, 11) is 0. The Bertz CT molecular complexity index is 363. The summed E-state index contributed by atoms with van der Waals surface area (Å²) in [5.41, 5.74) is 5.58. The molecule has 0 radical (unpaired) electrons. The van der Waals surface area contributed by atoms with Gasteiger partial charge in [-0.3, -0.25) is 4.57 Å². The van der Waals surface area contributed by atoms with Crippen LogP contribution in [0.1, 0.15) is 19.8 Å². The first-order chi connectivity index (χ1) is 7.69. The molecule has 1 aromatic heterocycles. The van der Waals surface area contributed by atoms with Gasteiger partial charge in [0.05, 0.1) is 0 Å². The van der Waals surface area contributed by atoms with Gasteiger partial charge in [0.2, 0.25) is 0 Å². The molecule has 7 heteroatoms. The van der Waals surface area contributed by atoms with Crippen LogP contribution in [-0.2, 0) is 6.54 Å². The minimum absolute atomic E-state index is 0.0723. The Morgan fingerprint density at radius 2 is 2.44 bits per heavy atom. The zero-order valence-corrected chi connectivity index (χ0v) is 10.2. The molecule has 0 saturated carbocycles. The molecular formula is C9H18N4O2S. The van der Waals surface area contributed by atoms with E-state index in [0.717, 1.165) is 6.42 Å². The molecule has 0 saturated heterocycles. The molecule has 0 amide bonds. The van der Waals surface area contributed by atoms with Gasteiger partial charge in [0.1, 0.15) is 0 Å². The van der Waals surface area contributed by atoms with Crippen LogP contribution in [0, 0.1) is 0 Å². The zero-order chi connectivity index (χ0) is 12.0. The number of nitrogens with two attached hydrogens (primary N) is 1. The minimum atomic E-state index is -0.180. The van der Waals surface area contributed by atoms with E-state index in [4.69, 9.17) is 10.8 Å². The van der Waals surface area contributed by atoms with Crippen molar-refractivity contribution in [2.75, 3.05) is 12.4 Å². The molecule has 0 fully saturated rings. The average Bonchev–Trinajstić information content (AvgIpc) is 2.59. The maximum Gasteiger partial charge on any atom is 0.343 e. The molecule has 1 heterocycles. The molecule has 4 N–H and O–H groups in total. The van der Waals surface area contributed by atoms with Gasteiger partial charge in [-0.1, -0.05) is 18.7 Å². The lowest BCUT2D eigenvalue weighted by atomic mass is 10.3. The summed E-state index contributed by atoms with van der Waals surface area (Å²) in [5, 5.41) is 15.7. The normalized spacial score (nSPS) is 12.9. The first-order valence-corrected chi connectivity index (χ1v) is 6.32. The van der Waals surface area contributed by atoms with Crippen molar-refractivity contribution in [1.82, 2.24) is 14.8 Å². The number of aliphatic hydroxyl groups excluding tert-OH is 1. The molecule has 0 aliphatic rings. The lowest BCUT2D eigenvalue weighted by Gasteiger charge is -2.08. The van der Waals surface area contributed by atoms with E-state index in [1.54, 1.807) is 4.57 Å². The standard InChI is InChI=1S/C9H18N4O2S/c1-2-4-13-8(15)11-12-9(13)16-6-7(10)3-5-14/h7,14H,2-6,10H2,1H3,(H,11,15). The Labute approximate surface area is 98.2 Å². The van der Waals surface area contributed by atoms with E-state index < -0.39 is 0 Å². The van der Waals surface area contributed by atoms with Crippen molar-refractivity contribution in [3.8, 4) is 0 Å². The van der Waals surface area contributed by atoms with E-state index in [1.165, 1.54) is 11.8 Å². The summed E-state index contributed by atoms with van der Waals surface area (Å²) >= 11 is 1.44. The van der Waals surface area contributed by atoms with Crippen LogP contribution in [0.4, 0.5) is 0 Å². The smallest absolute Gasteiger partial charge is 0.343 e. The fraction of sp³-hybridized carbons (Fsp3) is 0.778. The predicted molar refractivity (Wildman–Crippen MR) is 63.5 cm³/mol. The molecule has 6 nitrogen and oxygen atoms in total. The van der Waals surface area contributed by atoms with Crippen molar-refractivity contribution >= 4 is 11.8 Å². The molecular weight excluding hydrogens is 228 g/mol. The summed E-state index contributed by atoms with van der Waals surface area (Å²) in [6.45, 7) is 2.75. The van der Waals surface area contributed by atoms with Gasteiger partial charge in [0, 0.05) is 24.9 Å². The van der Waals surface area contributed by atoms with E-state index in [-0.39, 0.29) is 18.3 Å². The highest BCUT2D eigenvalue weighted by Gasteiger charge is 2.10. The monoisotopic (exact) mass is 246 g/mol. The second-order valence-electron chi connectivity index (χ2n) is 3.55. The molecule has 0 spiro atoms. The van der Waals surface area contributed by atoms with Gasteiger partial charge >= 0.3 is 5.69 Å². The van der Waals surface area contributed by atoms with Crippen LogP contribution in [0.5, 0.6) is 0 Å². The third-order valence-corrected chi connectivity index (χ3v) is 3.26. The van der Waals surface area contributed by atoms with Gasteiger partial charge in [-0.2, -0.15) is 0 Å². The number of aromatic nitrogens is 3. The van der Waals surface area contributed by atoms with Gasteiger partial charge in [0.15, 0.2) is 5.16 Å². The van der Waals surface area contributed by atoms with E-state index >= 15 is 0 Å². The lowest BCUT2D eigenvalue weighted by molar-refractivity contribution is 0.279. The molecule has 0 aliphatic carbocycles. The second kappa shape index (κ2) is 6.72. The molecule has 1 rings (SSSR count). The van der Waals surface area contributed by atoms with Crippen LogP contribution in [-0.4, -0.2) is 38.3 Å². The van der Waals surface area contributed by atoms with Crippen molar-refractivity contribution < 1.29 is 5.11 Å². The fourth-order valence-electron chi connectivity index (χ4n) is 1.26. The average molecular weight is 246 g/mol. The summed E-state index contributed by atoms with van der Waals surface area (Å²) in [6.07, 6.45) is 1.45. The van der Waals surface area contributed by atoms with Gasteiger partial charge < -0.3 is 10.8 Å². The number of nitrogens with one attached hydrogen (secondary N) is 1. The van der Waals surface area contributed by atoms with Gasteiger partial charge in [-0.25, -0.2) is 9.89 Å². The second-order valence-corrected chi connectivity index (χ2v) is 4.53. The van der Waals surface area contributed by atoms with Gasteiger partial charge in [-0.15, -0.1) is 5.10 Å². The third-order valence-electron chi connectivity index (χ3n) is 2.10. The highest BCUT2D eigenvalue weighted by atomic mass is 32.2. The van der Waals surface area contributed by atoms with E-state index in [0.29, 0.717) is 23.9 Å². The molecule has 0 aliphatic heterocycles. The van der Waals surface area contributed by atoms with Crippen LogP contribution in [0.3, 0.4) is 0 Å². The summed E-state index contributed by atoms with van der Waals surface area (Å²) in [4.78, 5) is 11.4. The highest BCUT2D eigenvalue weighted by Crippen LogP contribution is 2.14. The van der Waals surface area contributed by atoms with Crippen molar-refractivity contribution in [2.45, 2.75) is 37.5 Å². The number of aliphatic hydroxyl groups is 1. The highest BCUT2D eigenvalue weighted by molar-refractivity contribution is 7.99. The number of nitrogens with zero attached hydrogens (tertiary/aromatic N) is 2. The number of rotatable bonds is 7. The maximum atomic E-state index is 11.4. The van der Waals surface area contributed by atoms with Crippen LogP contribution in [0.25, 0.3) is 0 Å². The molecule has 16 heavy (non-hydrogen) atoms. The maximum absolute atomic E-state index is 11.4. The van der Waals surface area contributed by atoms with Crippen molar-refractivity contribution in [3.05, 3.63) is 10.5 Å². The largest absolute Gasteiger partial charge is 0.396 e. The summed E-state index contributed by atoms with van der Waals surface area (Å²) < 4.78 is 1.61. The lowest BCUT2D eigenvalue weighted by Crippen LogP contribution is -2.24. The first-order valence-electron chi connectivity index (χ1n) is 5.33. The van der Waals surface area contributed by atoms with Gasteiger partial charge in [-0.05, 0) is 12.8 Å². The van der Waals surface area contributed by atoms with Crippen LogP contribution in [0.15, 0.2) is 9.95 Å². The van der Waals surface area contributed by atoms with Crippen LogP contribution in [0.2, 0.25) is 0 Å². The quantitative estimate of drug-likeness (QED) is 0.578. The molecule has 92 valence electrons. The number of thioether (sulfide) groups is 1. The van der Waals surface area contributed by atoms with Crippen LogP contribution < -0.4 is 11.4 Å². The Morgan fingerprint density at radius 1 is 1.69 bits per heavy atom. The Hall–Kier alpha value is -0.790. The first kappa shape index (κ1) is 13.3. The van der Waals surface area contributed by atoms with Gasteiger partial charge in [0.25, 0.3) is 0 Å². The number of hydrogen-bond donors (Lipinski definition) is 3. The molecule has 0 aromatic carbocycles. The Balaban J connectivity index is 2.56. The molecule has 1 unspecified atom stereocenters. The topological polar surface area (TPSA) is 96.9 Å². The molecule has 1 aromatic rings. The number of hydrogen-bond acceptors (Lipinski definition) is 5. The zero-order valence-electron chi connectivity index (χ0n) is 9.35. The minimum Gasteiger partial charge on any atom is -0.396 e. The van der Waals surface area contributed by atoms with Crippen molar-refractivity contribution in [1.29, 1.82) is 0 Å². The molecule has 1 atom stereocenters. The SMILES string of the molecule is CCCn1c(SCC(N)CCO)n[nH]c1=O.